The van der Waals surface area contributed by atoms with Gasteiger partial charge in [-0.2, -0.15) is 0 Å². The van der Waals surface area contributed by atoms with Crippen molar-refractivity contribution in [1.29, 1.82) is 0 Å². The van der Waals surface area contributed by atoms with Gasteiger partial charge in [-0.15, -0.1) is 0 Å². The number of hydrogen-bond acceptors (Lipinski definition) is 4. The number of aliphatic hydroxyl groups is 1. The maximum absolute atomic E-state index is 12.9. The number of aryl methyl sites for hydroxylation is 1. The summed E-state index contributed by atoms with van der Waals surface area (Å²) in [6.07, 6.45) is -2.95. The van der Waals surface area contributed by atoms with Gasteiger partial charge in [0.15, 0.2) is 0 Å². The van der Waals surface area contributed by atoms with Gasteiger partial charge in [0.25, 0.3) is 6.43 Å². The lowest BCUT2D eigenvalue weighted by atomic mass is 9.98. The molecule has 0 heterocycles. The molecule has 0 spiro atoms. The predicted molar refractivity (Wildman–Crippen MR) is 87.9 cm³/mol. The Morgan fingerprint density at radius 1 is 1.33 bits per heavy atom. The van der Waals surface area contributed by atoms with Gasteiger partial charge < -0.3 is 20.9 Å². The maximum Gasteiger partial charge on any atom is 0.407 e. The highest BCUT2D eigenvalue weighted by atomic mass is 19.3. The third-order valence-electron chi connectivity index (χ3n) is 3.32. The summed E-state index contributed by atoms with van der Waals surface area (Å²) >= 11 is 0. The Morgan fingerprint density at radius 2 is 2.00 bits per heavy atom. The van der Waals surface area contributed by atoms with E-state index >= 15 is 0 Å². The van der Waals surface area contributed by atoms with E-state index in [1.165, 1.54) is 12.1 Å². The van der Waals surface area contributed by atoms with Crippen LogP contribution in [0.15, 0.2) is 18.2 Å². The molecule has 0 fully saturated rings. The van der Waals surface area contributed by atoms with Crippen molar-refractivity contribution >= 4 is 6.09 Å². The van der Waals surface area contributed by atoms with Crippen LogP contribution in [-0.4, -0.2) is 29.4 Å². The minimum atomic E-state index is -2.59. The number of nitrogens with two attached hydrogens (primary N) is 1. The molecule has 0 aliphatic heterocycles. The Hall–Kier alpha value is -1.73. The monoisotopic (exact) mass is 344 g/mol. The Labute approximate surface area is 141 Å². The Bertz CT molecular complexity index is 545. The largest absolute Gasteiger partial charge is 0.444 e. The molecule has 1 aromatic carbocycles. The minimum Gasteiger partial charge on any atom is -0.444 e. The van der Waals surface area contributed by atoms with E-state index in [0.717, 1.165) is 5.56 Å². The van der Waals surface area contributed by atoms with E-state index in [9.17, 15) is 18.7 Å². The molecule has 0 saturated carbocycles. The summed E-state index contributed by atoms with van der Waals surface area (Å²) in [5, 5.41) is 12.1. The number of hydrogen-bond donors (Lipinski definition) is 3. The number of aliphatic hydroxyl groups excluding tert-OH is 1. The van der Waals surface area contributed by atoms with Crippen LogP contribution in [-0.2, 0) is 17.7 Å². The smallest absolute Gasteiger partial charge is 0.407 e. The number of benzene rings is 1. The van der Waals surface area contributed by atoms with Crippen molar-refractivity contribution in [2.75, 3.05) is 6.54 Å². The molecule has 0 saturated heterocycles. The van der Waals surface area contributed by atoms with Gasteiger partial charge in [0, 0.05) is 18.7 Å². The van der Waals surface area contributed by atoms with Gasteiger partial charge in [0.05, 0.1) is 6.10 Å². The second-order valence-electron chi connectivity index (χ2n) is 6.61. The fourth-order valence-electron chi connectivity index (χ4n) is 2.11. The number of halogens is 2. The predicted octanol–water partition coefficient (Wildman–Crippen LogP) is 2.90. The van der Waals surface area contributed by atoms with E-state index in [1.54, 1.807) is 26.8 Å². The van der Waals surface area contributed by atoms with E-state index in [4.69, 9.17) is 10.5 Å². The first-order chi connectivity index (χ1) is 11.1. The number of carbonyl (C=O) groups excluding carboxylic acids is 1. The van der Waals surface area contributed by atoms with Crippen LogP contribution in [0.1, 0.15) is 50.3 Å². The number of alkyl carbamates (subject to hydrolysis) is 1. The topological polar surface area (TPSA) is 84.6 Å². The molecule has 1 atom stereocenters. The van der Waals surface area contributed by atoms with Gasteiger partial charge in [0.1, 0.15) is 5.60 Å². The average Bonchev–Trinajstić information content (AvgIpc) is 2.49. The lowest BCUT2D eigenvalue weighted by Crippen LogP contribution is -2.32. The lowest BCUT2D eigenvalue weighted by molar-refractivity contribution is 0.0523. The molecule has 0 bridgehead atoms. The number of alkyl halides is 2. The molecule has 4 N–H and O–H groups in total. The average molecular weight is 344 g/mol. The van der Waals surface area contributed by atoms with Crippen LogP contribution in [0.2, 0.25) is 0 Å². The highest BCUT2D eigenvalue weighted by Crippen LogP contribution is 2.23. The molecule has 7 heteroatoms. The van der Waals surface area contributed by atoms with Crippen LogP contribution in [0, 0.1) is 0 Å². The molecule has 1 aromatic rings. The number of nitrogens with one attached hydrogen (secondary N) is 1. The van der Waals surface area contributed by atoms with Crippen molar-refractivity contribution < 1.29 is 23.4 Å². The second kappa shape index (κ2) is 8.94. The second-order valence-corrected chi connectivity index (χ2v) is 6.61. The standard InChI is InChI=1S/C17H26F2N2O3/c1-17(2,3)24-16(23)21-10-13-8-12(15(18)19)5-4-11(13)6-7-14(22)9-20/h4-5,8,14-15,22H,6-7,9-10,20H2,1-3H3,(H,21,23). The van der Waals surface area contributed by atoms with Gasteiger partial charge in [-0.1, -0.05) is 12.1 Å². The van der Waals surface area contributed by atoms with Crippen molar-refractivity contribution in [2.45, 2.75) is 58.3 Å². The van der Waals surface area contributed by atoms with Crippen molar-refractivity contribution in [3.05, 3.63) is 34.9 Å². The number of rotatable bonds is 7. The summed E-state index contributed by atoms with van der Waals surface area (Å²) in [5.41, 5.74) is 5.98. The summed E-state index contributed by atoms with van der Waals surface area (Å²) < 4.78 is 30.9. The SMILES string of the molecule is CC(C)(C)OC(=O)NCc1cc(C(F)F)ccc1CCC(O)CN. The first kappa shape index (κ1) is 20.3. The molecule has 1 rings (SSSR count). The molecule has 0 aliphatic carbocycles. The van der Waals surface area contributed by atoms with Gasteiger partial charge in [-0.3, -0.25) is 0 Å². The van der Waals surface area contributed by atoms with E-state index in [-0.39, 0.29) is 18.7 Å². The van der Waals surface area contributed by atoms with Crippen LogP contribution < -0.4 is 11.1 Å². The zero-order chi connectivity index (χ0) is 18.3. The summed E-state index contributed by atoms with van der Waals surface area (Å²) in [7, 11) is 0. The maximum atomic E-state index is 12.9. The van der Waals surface area contributed by atoms with Gasteiger partial charge in [-0.05, 0) is 50.8 Å². The van der Waals surface area contributed by atoms with E-state index in [2.05, 4.69) is 5.32 Å². The quantitative estimate of drug-likeness (QED) is 0.710. The van der Waals surface area contributed by atoms with Crippen molar-refractivity contribution in [1.82, 2.24) is 5.32 Å². The Balaban J connectivity index is 2.83. The fourth-order valence-corrected chi connectivity index (χ4v) is 2.11. The third-order valence-corrected chi connectivity index (χ3v) is 3.32. The third kappa shape index (κ3) is 7.23. The molecule has 1 amide bonds. The lowest BCUT2D eigenvalue weighted by Gasteiger charge is -2.20. The molecule has 136 valence electrons. The van der Waals surface area contributed by atoms with Crippen molar-refractivity contribution in [3.63, 3.8) is 0 Å². The molecular formula is C17H26F2N2O3. The highest BCUT2D eigenvalue weighted by molar-refractivity contribution is 5.67. The van der Waals surface area contributed by atoms with Crippen molar-refractivity contribution in [2.24, 2.45) is 5.73 Å². The van der Waals surface area contributed by atoms with Crippen LogP contribution in [0.5, 0.6) is 0 Å². The zero-order valence-corrected chi connectivity index (χ0v) is 14.3. The van der Waals surface area contributed by atoms with Gasteiger partial charge in [-0.25, -0.2) is 13.6 Å². The number of carbonyl (C=O) groups is 1. The minimum absolute atomic E-state index is 0.0729. The molecule has 0 aromatic heterocycles. The van der Waals surface area contributed by atoms with Crippen LogP contribution in [0.25, 0.3) is 0 Å². The molecule has 0 radical (unpaired) electrons. The fraction of sp³-hybridized carbons (Fsp3) is 0.588. The first-order valence-electron chi connectivity index (χ1n) is 7.87. The zero-order valence-electron chi connectivity index (χ0n) is 14.3. The van der Waals surface area contributed by atoms with Crippen LogP contribution >= 0.6 is 0 Å². The van der Waals surface area contributed by atoms with E-state index in [1.807, 2.05) is 0 Å². The summed E-state index contributed by atoms with van der Waals surface area (Å²) in [6, 6.07) is 4.31. The molecule has 5 nitrogen and oxygen atoms in total. The molecule has 0 aliphatic rings. The summed E-state index contributed by atoms with van der Waals surface area (Å²) in [4.78, 5) is 11.7. The normalized spacial score (nSPS) is 13.0. The summed E-state index contributed by atoms with van der Waals surface area (Å²) in [5.74, 6) is 0. The van der Waals surface area contributed by atoms with Crippen LogP contribution in [0.3, 0.4) is 0 Å². The highest BCUT2D eigenvalue weighted by Gasteiger charge is 2.17. The first-order valence-corrected chi connectivity index (χ1v) is 7.87. The summed E-state index contributed by atoms with van der Waals surface area (Å²) in [6.45, 7) is 5.43. The molecule has 24 heavy (non-hydrogen) atoms. The van der Waals surface area contributed by atoms with E-state index in [0.29, 0.717) is 18.4 Å². The van der Waals surface area contributed by atoms with Crippen LogP contribution in [0.4, 0.5) is 13.6 Å². The Morgan fingerprint density at radius 3 is 2.54 bits per heavy atom. The number of amides is 1. The molecular weight excluding hydrogens is 318 g/mol. The van der Waals surface area contributed by atoms with Crippen molar-refractivity contribution in [3.8, 4) is 0 Å². The number of ether oxygens (including phenoxy) is 1. The van der Waals surface area contributed by atoms with Gasteiger partial charge >= 0.3 is 6.09 Å². The van der Waals surface area contributed by atoms with Gasteiger partial charge in [0.2, 0.25) is 0 Å². The van der Waals surface area contributed by atoms with E-state index < -0.39 is 24.2 Å². The molecule has 1 unspecified atom stereocenters. The Kier molecular flexibility index (Phi) is 7.57.